The molecule has 1 aromatic carbocycles. The number of nitrogens with one attached hydrogen (secondary N) is 1. The smallest absolute Gasteiger partial charge is 0.254 e. The number of ether oxygens (including phenoxy) is 1. The minimum absolute atomic E-state index is 0.0710. The average molecular weight is 383 g/mol. The minimum Gasteiger partial charge on any atom is -0.383 e. The molecule has 136 valence electrons. The van der Waals surface area contributed by atoms with Gasteiger partial charge < -0.3 is 9.64 Å². The zero-order valence-electron chi connectivity index (χ0n) is 14.3. The largest absolute Gasteiger partial charge is 0.383 e. The first-order chi connectivity index (χ1) is 12.0. The molecule has 0 saturated carbocycles. The number of sulfonamides is 1. The fourth-order valence-corrected chi connectivity index (χ4v) is 4.04. The second-order valence-electron chi connectivity index (χ2n) is 5.32. The van der Waals surface area contributed by atoms with Gasteiger partial charge in [-0.3, -0.25) is 4.79 Å². The molecule has 0 aliphatic heterocycles. The lowest BCUT2D eigenvalue weighted by Crippen LogP contribution is -2.31. The van der Waals surface area contributed by atoms with Gasteiger partial charge in [0, 0.05) is 30.6 Å². The lowest BCUT2D eigenvalue weighted by atomic mass is 10.2. The van der Waals surface area contributed by atoms with Crippen LogP contribution in [0.1, 0.15) is 22.2 Å². The topological polar surface area (TPSA) is 75.7 Å². The van der Waals surface area contributed by atoms with Crippen molar-refractivity contribution in [2.45, 2.75) is 18.4 Å². The number of thiophene rings is 1. The maximum atomic E-state index is 12.7. The van der Waals surface area contributed by atoms with Crippen LogP contribution in [0.15, 0.2) is 46.7 Å². The van der Waals surface area contributed by atoms with Crippen molar-refractivity contribution in [2.24, 2.45) is 0 Å². The van der Waals surface area contributed by atoms with E-state index in [1.807, 2.05) is 24.4 Å². The molecule has 0 bridgehead atoms. The van der Waals surface area contributed by atoms with Crippen molar-refractivity contribution in [2.75, 3.05) is 26.8 Å². The van der Waals surface area contributed by atoms with E-state index in [2.05, 4.69) is 4.72 Å². The van der Waals surface area contributed by atoms with Gasteiger partial charge in [-0.15, -0.1) is 11.3 Å². The molecule has 6 nitrogen and oxygen atoms in total. The first-order valence-corrected chi connectivity index (χ1v) is 10.2. The number of nitrogens with zero attached hydrogens (tertiary/aromatic N) is 1. The van der Waals surface area contributed by atoms with Crippen LogP contribution in [0.4, 0.5) is 0 Å². The molecule has 1 amide bonds. The molecule has 0 radical (unpaired) electrons. The van der Waals surface area contributed by atoms with Crippen molar-refractivity contribution in [3.05, 3.63) is 52.2 Å². The van der Waals surface area contributed by atoms with Gasteiger partial charge in [-0.25, -0.2) is 13.1 Å². The summed E-state index contributed by atoms with van der Waals surface area (Å²) in [5.41, 5.74) is 0.355. The summed E-state index contributed by atoms with van der Waals surface area (Å²) < 4.78 is 31.9. The number of carbonyl (C=O) groups excluding carboxylic acids is 1. The predicted molar refractivity (Wildman–Crippen MR) is 98.2 cm³/mol. The summed E-state index contributed by atoms with van der Waals surface area (Å²) in [6.45, 7) is 3.41. The van der Waals surface area contributed by atoms with E-state index in [0.717, 1.165) is 4.88 Å². The van der Waals surface area contributed by atoms with E-state index in [1.165, 1.54) is 19.2 Å². The highest BCUT2D eigenvalue weighted by molar-refractivity contribution is 7.89. The Morgan fingerprint density at radius 2 is 2.08 bits per heavy atom. The second-order valence-corrected chi connectivity index (χ2v) is 8.12. The average Bonchev–Trinajstić information content (AvgIpc) is 3.12. The zero-order chi connectivity index (χ0) is 18.3. The first kappa shape index (κ1) is 19.6. The van der Waals surface area contributed by atoms with Crippen molar-refractivity contribution in [3.63, 3.8) is 0 Å². The molecule has 0 aliphatic carbocycles. The normalized spacial score (nSPS) is 11.4. The van der Waals surface area contributed by atoms with Gasteiger partial charge in [0.15, 0.2) is 0 Å². The van der Waals surface area contributed by atoms with Gasteiger partial charge >= 0.3 is 0 Å². The molecule has 1 N–H and O–H groups in total. The molecule has 0 unspecified atom stereocenters. The van der Waals surface area contributed by atoms with Crippen LogP contribution in [-0.2, 0) is 21.3 Å². The van der Waals surface area contributed by atoms with Gasteiger partial charge in [-0.05, 0) is 36.6 Å². The molecule has 0 aliphatic rings. The highest BCUT2D eigenvalue weighted by Crippen LogP contribution is 2.17. The van der Waals surface area contributed by atoms with E-state index < -0.39 is 10.0 Å². The SMILES string of the molecule is CCN(Cc1cccs1)C(=O)c1cccc(S(=O)(=O)NCCOC)c1. The first-order valence-electron chi connectivity index (χ1n) is 7.88. The van der Waals surface area contributed by atoms with Crippen LogP contribution in [0.3, 0.4) is 0 Å². The standard InChI is InChI=1S/C17H22N2O4S2/c1-3-19(13-15-7-5-11-24-15)17(20)14-6-4-8-16(12-14)25(21,22)18-9-10-23-2/h4-8,11-12,18H,3,9-10,13H2,1-2H3. The van der Waals surface area contributed by atoms with Crippen molar-refractivity contribution >= 4 is 27.3 Å². The molecule has 2 rings (SSSR count). The van der Waals surface area contributed by atoms with Crippen molar-refractivity contribution in [1.82, 2.24) is 9.62 Å². The Hall–Kier alpha value is -1.74. The quantitative estimate of drug-likeness (QED) is 0.676. The predicted octanol–water partition coefficient (Wildman–Crippen LogP) is 2.34. The number of benzene rings is 1. The zero-order valence-corrected chi connectivity index (χ0v) is 15.9. The van der Waals surface area contributed by atoms with Gasteiger partial charge in [-0.2, -0.15) is 0 Å². The second kappa shape index (κ2) is 9.10. The summed E-state index contributed by atoms with van der Waals surface area (Å²) in [5.74, 6) is -0.190. The van der Waals surface area contributed by atoms with Crippen molar-refractivity contribution < 1.29 is 17.9 Å². The summed E-state index contributed by atoms with van der Waals surface area (Å²) in [6.07, 6.45) is 0. The van der Waals surface area contributed by atoms with Gasteiger partial charge in [0.05, 0.1) is 18.0 Å². The maximum Gasteiger partial charge on any atom is 0.254 e. The fraction of sp³-hybridized carbons (Fsp3) is 0.353. The molecule has 0 saturated heterocycles. The van der Waals surface area contributed by atoms with Crippen LogP contribution in [0.25, 0.3) is 0 Å². The van der Waals surface area contributed by atoms with Gasteiger partial charge in [-0.1, -0.05) is 12.1 Å². The van der Waals surface area contributed by atoms with E-state index in [1.54, 1.807) is 28.4 Å². The Kier molecular flexibility index (Phi) is 7.12. The van der Waals surface area contributed by atoms with Crippen LogP contribution >= 0.6 is 11.3 Å². The van der Waals surface area contributed by atoms with E-state index in [9.17, 15) is 13.2 Å². The van der Waals surface area contributed by atoms with E-state index in [-0.39, 0.29) is 24.0 Å². The summed E-state index contributed by atoms with van der Waals surface area (Å²) in [6, 6.07) is 10.0. The highest BCUT2D eigenvalue weighted by atomic mass is 32.2. The lowest BCUT2D eigenvalue weighted by molar-refractivity contribution is 0.0754. The van der Waals surface area contributed by atoms with E-state index in [4.69, 9.17) is 4.74 Å². The lowest BCUT2D eigenvalue weighted by Gasteiger charge is -2.20. The molecule has 8 heteroatoms. The van der Waals surface area contributed by atoms with Gasteiger partial charge in [0.1, 0.15) is 0 Å². The Morgan fingerprint density at radius 1 is 1.28 bits per heavy atom. The molecule has 0 atom stereocenters. The Bertz CT molecular complexity index is 789. The number of methoxy groups -OCH3 is 1. The number of carbonyl (C=O) groups is 1. The van der Waals surface area contributed by atoms with Crippen LogP contribution < -0.4 is 4.72 Å². The Labute approximate surface area is 152 Å². The Morgan fingerprint density at radius 3 is 2.72 bits per heavy atom. The third-order valence-electron chi connectivity index (χ3n) is 3.59. The summed E-state index contributed by atoms with van der Waals surface area (Å²) in [7, 11) is -2.17. The van der Waals surface area contributed by atoms with Crippen LogP contribution in [0.5, 0.6) is 0 Å². The van der Waals surface area contributed by atoms with E-state index >= 15 is 0 Å². The molecule has 1 heterocycles. The van der Waals surface area contributed by atoms with Gasteiger partial charge in [0.2, 0.25) is 10.0 Å². The molecular weight excluding hydrogens is 360 g/mol. The number of amides is 1. The molecule has 25 heavy (non-hydrogen) atoms. The van der Waals surface area contributed by atoms with Crippen LogP contribution in [0, 0.1) is 0 Å². The summed E-state index contributed by atoms with van der Waals surface area (Å²) >= 11 is 1.59. The summed E-state index contributed by atoms with van der Waals surface area (Å²) in [5, 5.41) is 1.96. The third-order valence-corrected chi connectivity index (χ3v) is 5.91. The highest BCUT2D eigenvalue weighted by Gasteiger charge is 2.19. The van der Waals surface area contributed by atoms with Crippen molar-refractivity contribution in [3.8, 4) is 0 Å². The van der Waals surface area contributed by atoms with E-state index in [0.29, 0.717) is 18.7 Å². The molecule has 0 fully saturated rings. The number of hydrogen-bond donors (Lipinski definition) is 1. The molecule has 2 aromatic rings. The van der Waals surface area contributed by atoms with Crippen LogP contribution in [0.2, 0.25) is 0 Å². The van der Waals surface area contributed by atoms with Crippen LogP contribution in [-0.4, -0.2) is 46.0 Å². The maximum absolute atomic E-state index is 12.7. The fourth-order valence-electron chi connectivity index (χ4n) is 2.26. The van der Waals surface area contributed by atoms with Crippen molar-refractivity contribution in [1.29, 1.82) is 0 Å². The molecule has 1 aromatic heterocycles. The third kappa shape index (κ3) is 5.37. The summed E-state index contributed by atoms with van der Waals surface area (Å²) in [4.78, 5) is 15.6. The minimum atomic E-state index is -3.67. The molecular formula is C17H22N2O4S2. The number of rotatable bonds is 9. The monoisotopic (exact) mass is 382 g/mol. The molecule has 0 spiro atoms. The Balaban J connectivity index is 2.17. The van der Waals surface area contributed by atoms with Gasteiger partial charge in [0.25, 0.3) is 5.91 Å². The number of hydrogen-bond acceptors (Lipinski definition) is 5.